The number of piperidine rings is 1. The first-order valence-corrected chi connectivity index (χ1v) is 9.64. The lowest BCUT2D eigenvalue weighted by Gasteiger charge is -2.40. The first-order valence-electron chi connectivity index (χ1n) is 9.64. The number of hydrogen-bond donors (Lipinski definition) is 1. The van der Waals surface area contributed by atoms with Gasteiger partial charge in [-0.2, -0.15) is 0 Å². The topological polar surface area (TPSA) is 58.0 Å². The molecule has 1 N–H and O–H groups in total. The smallest absolute Gasteiger partial charge is 0.230 e. The summed E-state index contributed by atoms with van der Waals surface area (Å²) in [6, 6.07) is 10.5. The molecule has 1 fully saturated rings. The van der Waals surface area contributed by atoms with Gasteiger partial charge in [-0.1, -0.05) is 22.9 Å². The van der Waals surface area contributed by atoms with Gasteiger partial charge in [0.05, 0.1) is 5.56 Å². The third-order valence-electron chi connectivity index (χ3n) is 5.31. The van der Waals surface area contributed by atoms with Crippen molar-refractivity contribution in [1.82, 2.24) is 9.88 Å². The van der Waals surface area contributed by atoms with Gasteiger partial charge in [0.1, 0.15) is 5.75 Å². The van der Waals surface area contributed by atoms with Gasteiger partial charge in [-0.3, -0.25) is 0 Å². The number of aromatic nitrogens is 1. The molecule has 5 heteroatoms. The maximum atomic E-state index is 9.88. The highest BCUT2D eigenvalue weighted by Gasteiger charge is 2.31. The number of oxime groups is 1. The van der Waals surface area contributed by atoms with Gasteiger partial charge in [0.15, 0.2) is 5.84 Å². The first kappa shape index (κ1) is 19.2. The molecule has 0 bridgehead atoms. The van der Waals surface area contributed by atoms with Crippen LogP contribution in [0.1, 0.15) is 55.5 Å². The molecule has 0 saturated carbocycles. The number of likely N-dealkylation sites (tertiary alicyclic amines) is 1. The highest BCUT2D eigenvalue weighted by atomic mass is 16.5. The van der Waals surface area contributed by atoms with E-state index in [0.717, 1.165) is 29.8 Å². The third-order valence-corrected chi connectivity index (χ3v) is 5.31. The number of amidine groups is 1. The summed E-state index contributed by atoms with van der Waals surface area (Å²) in [6.45, 7) is 10.4. The van der Waals surface area contributed by atoms with E-state index in [0.29, 0.717) is 29.4 Å². The van der Waals surface area contributed by atoms with E-state index >= 15 is 0 Å². The van der Waals surface area contributed by atoms with E-state index in [4.69, 9.17) is 4.74 Å². The summed E-state index contributed by atoms with van der Waals surface area (Å²) in [6.07, 6.45) is 3.35. The van der Waals surface area contributed by atoms with Crippen molar-refractivity contribution in [3.8, 4) is 11.6 Å². The van der Waals surface area contributed by atoms with Crippen LogP contribution in [0.5, 0.6) is 11.6 Å². The maximum absolute atomic E-state index is 9.88. The maximum Gasteiger partial charge on any atom is 0.230 e. The molecule has 2 aromatic rings. The Morgan fingerprint density at radius 3 is 2.44 bits per heavy atom. The number of ether oxygens (including phenoxy) is 1. The molecular weight excluding hydrogens is 338 g/mol. The second kappa shape index (κ2) is 7.99. The predicted molar refractivity (Wildman–Crippen MR) is 108 cm³/mol. The monoisotopic (exact) mass is 367 g/mol. The fraction of sp³-hybridized carbons (Fsp3) is 0.455. The zero-order valence-corrected chi connectivity index (χ0v) is 16.9. The lowest BCUT2D eigenvalue weighted by atomic mass is 9.96. The molecule has 1 saturated heterocycles. The summed E-state index contributed by atoms with van der Waals surface area (Å²) in [5, 5.41) is 13.6. The Morgan fingerprint density at radius 1 is 1.11 bits per heavy atom. The van der Waals surface area contributed by atoms with E-state index in [1.54, 1.807) is 0 Å². The molecule has 27 heavy (non-hydrogen) atoms. The van der Waals surface area contributed by atoms with Gasteiger partial charge >= 0.3 is 0 Å². The van der Waals surface area contributed by atoms with Gasteiger partial charge < -0.3 is 14.8 Å². The van der Waals surface area contributed by atoms with E-state index < -0.39 is 0 Å². The molecule has 5 nitrogen and oxygen atoms in total. The van der Waals surface area contributed by atoms with Crippen molar-refractivity contribution in [3.63, 3.8) is 0 Å². The van der Waals surface area contributed by atoms with E-state index in [9.17, 15) is 5.21 Å². The Kier molecular flexibility index (Phi) is 5.68. The summed E-state index contributed by atoms with van der Waals surface area (Å²) in [7, 11) is 0. The Hall–Kier alpha value is -2.56. The van der Waals surface area contributed by atoms with Crippen molar-refractivity contribution < 1.29 is 9.94 Å². The van der Waals surface area contributed by atoms with Gasteiger partial charge in [0.2, 0.25) is 5.88 Å². The number of hydrogen-bond acceptors (Lipinski definition) is 4. The number of benzene rings is 1. The minimum atomic E-state index is 0.301. The van der Waals surface area contributed by atoms with Crippen molar-refractivity contribution in [2.24, 2.45) is 5.16 Å². The van der Waals surface area contributed by atoms with Crippen LogP contribution in [0.2, 0.25) is 0 Å². The van der Waals surface area contributed by atoms with Gasteiger partial charge in [0, 0.05) is 17.8 Å². The Morgan fingerprint density at radius 2 is 1.81 bits per heavy atom. The largest absolute Gasteiger partial charge is 0.438 e. The minimum Gasteiger partial charge on any atom is -0.438 e. The number of rotatable bonds is 3. The molecule has 2 unspecified atom stereocenters. The van der Waals surface area contributed by atoms with Crippen molar-refractivity contribution in [3.05, 3.63) is 52.7 Å². The predicted octanol–water partition coefficient (Wildman–Crippen LogP) is 5.20. The number of pyridine rings is 1. The minimum absolute atomic E-state index is 0.301. The average Bonchev–Trinajstić information content (AvgIpc) is 2.61. The molecule has 2 atom stereocenters. The van der Waals surface area contributed by atoms with Crippen LogP contribution < -0.4 is 4.74 Å². The summed E-state index contributed by atoms with van der Waals surface area (Å²) < 4.78 is 6.19. The fourth-order valence-electron chi connectivity index (χ4n) is 3.88. The molecule has 1 aromatic carbocycles. The average molecular weight is 367 g/mol. The molecule has 0 spiro atoms. The van der Waals surface area contributed by atoms with Crippen LogP contribution >= 0.6 is 0 Å². The Bertz CT molecular complexity index is 837. The summed E-state index contributed by atoms with van der Waals surface area (Å²) >= 11 is 0. The molecule has 2 heterocycles. The zero-order valence-electron chi connectivity index (χ0n) is 16.9. The molecular formula is C22H29N3O2. The number of nitrogens with zero attached hydrogens (tertiary/aromatic N) is 3. The second-order valence-electron chi connectivity index (χ2n) is 7.64. The van der Waals surface area contributed by atoms with E-state index in [1.807, 2.05) is 38.1 Å². The fourth-order valence-corrected chi connectivity index (χ4v) is 3.88. The molecule has 0 radical (unpaired) electrons. The SMILES string of the molecule is Cc1ccc(Oc2nc(C)ccc2/C(=N/O)N2C(C)CCCC2C)c(C)c1. The summed E-state index contributed by atoms with van der Waals surface area (Å²) in [4.78, 5) is 6.79. The van der Waals surface area contributed by atoms with Crippen molar-refractivity contribution >= 4 is 5.84 Å². The molecule has 1 aliphatic heterocycles. The molecule has 0 aliphatic carbocycles. The van der Waals surface area contributed by atoms with Crippen LogP contribution in [-0.2, 0) is 0 Å². The van der Waals surface area contributed by atoms with Crippen molar-refractivity contribution in [1.29, 1.82) is 0 Å². The van der Waals surface area contributed by atoms with Crippen LogP contribution in [-0.4, -0.2) is 33.0 Å². The molecule has 144 valence electrons. The van der Waals surface area contributed by atoms with Crippen LogP contribution in [0.4, 0.5) is 0 Å². The second-order valence-corrected chi connectivity index (χ2v) is 7.64. The van der Waals surface area contributed by atoms with Crippen molar-refractivity contribution in [2.45, 2.75) is 66.0 Å². The lowest BCUT2D eigenvalue weighted by Crippen LogP contribution is -2.48. The molecule has 3 rings (SSSR count). The van der Waals surface area contributed by atoms with Crippen LogP contribution in [0.25, 0.3) is 0 Å². The van der Waals surface area contributed by atoms with E-state index in [-0.39, 0.29) is 0 Å². The van der Waals surface area contributed by atoms with Crippen LogP contribution in [0.3, 0.4) is 0 Å². The van der Waals surface area contributed by atoms with Crippen LogP contribution in [0.15, 0.2) is 35.5 Å². The third kappa shape index (κ3) is 4.07. The quantitative estimate of drug-likeness (QED) is 0.351. The van der Waals surface area contributed by atoms with Crippen molar-refractivity contribution in [2.75, 3.05) is 0 Å². The Balaban J connectivity index is 2.02. The Labute approximate surface area is 161 Å². The van der Waals surface area contributed by atoms with Crippen LogP contribution in [0, 0.1) is 20.8 Å². The summed E-state index contributed by atoms with van der Waals surface area (Å²) in [5.41, 5.74) is 3.80. The van der Waals surface area contributed by atoms with Gasteiger partial charge in [0.25, 0.3) is 0 Å². The molecule has 0 amide bonds. The van der Waals surface area contributed by atoms with Gasteiger partial charge in [-0.05, 0) is 77.6 Å². The van der Waals surface area contributed by atoms with Gasteiger partial charge in [-0.25, -0.2) is 4.98 Å². The number of aryl methyl sites for hydroxylation is 3. The zero-order chi connectivity index (χ0) is 19.6. The standard InChI is InChI=1S/C22H29N3O2/c1-14-9-12-20(15(2)13-14)27-22-19(11-10-16(3)23-22)21(24-26)25-17(4)7-6-8-18(25)5/h9-13,17-18,26H,6-8H2,1-5H3/b24-21-. The normalized spacial score (nSPS) is 20.6. The summed E-state index contributed by atoms with van der Waals surface area (Å²) in [5.74, 6) is 1.76. The molecule has 1 aliphatic rings. The molecule has 1 aromatic heterocycles. The van der Waals surface area contributed by atoms with E-state index in [2.05, 4.69) is 41.9 Å². The highest BCUT2D eigenvalue weighted by Crippen LogP contribution is 2.31. The first-order chi connectivity index (χ1) is 12.9. The van der Waals surface area contributed by atoms with Gasteiger partial charge in [-0.15, -0.1) is 0 Å². The lowest BCUT2D eigenvalue weighted by molar-refractivity contribution is 0.181. The highest BCUT2D eigenvalue weighted by molar-refractivity contribution is 6.00. The van der Waals surface area contributed by atoms with E-state index in [1.165, 1.54) is 12.0 Å².